The molecule has 2 aromatic carbocycles. The fraction of sp³-hybridized carbons (Fsp3) is 0.350. The Morgan fingerprint density at radius 1 is 1.08 bits per heavy atom. The van der Waals surface area contributed by atoms with Crippen LogP contribution in [0.3, 0.4) is 0 Å². The number of carbonyl (C=O) groups is 1. The minimum atomic E-state index is -0.0388. The number of hydrogen-bond donors (Lipinski definition) is 2. The van der Waals surface area contributed by atoms with E-state index in [-0.39, 0.29) is 12.5 Å². The SMILES string of the molecule is COc1ccc(CCNC(=O)CCCO)cc1OCc1ccccc1. The van der Waals surface area contributed by atoms with Crippen molar-refractivity contribution in [2.75, 3.05) is 20.3 Å². The maximum atomic E-state index is 11.6. The topological polar surface area (TPSA) is 67.8 Å². The Morgan fingerprint density at radius 3 is 2.60 bits per heavy atom. The largest absolute Gasteiger partial charge is 0.493 e. The summed E-state index contributed by atoms with van der Waals surface area (Å²) in [6.07, 6.45) is 1.55. The quantitative estimate of drug-likeness (QED) is 0.696. The maximum Gasteiger partial charge on any atom is 0.220 e. The van der Waals surface area contributed by atoms with Gasteiger partial charge in [-0.2, -0.15) is 0 Å². The Morgan fingerprint density at radius 2 is 1.88 bits per heavy atom. The lowest BCUT2D eigenvalue weighted by molar-refractivity contribution is -0.121. The van der Waals surface area contributed by atoms with Crippen LogP contribution in [0, 0.1) is 0 Å². The molecule has 0 atom stereocenters. The average molecular weight is 343 g/mol. The predicted octanol–water partition coefficient (Wildman–Crippen LogP) is 2.71. The van der Waals surface area contributed by atoms with Gasteiger partial charge in [0, 0.05) is 19.6 Å². The van der Waals surface area contributed by atoms with Crippen molar-refractivity contribution in [3.05, 3.63) is 59.7 Å². The molecule has 1 amide bonds. The summed E-state index contributed by atoms with van der Waals surface area (Å²) in [5.74, 6) is 1.34. The van der Waals surface area contributed by atoms with Crippen LogP contribution in [0.5, 0.6) is 11.5 Å². The molecule has 0 spiro atoms. The highest BCUT2D eigenvalue weighted by molar-refractivity contribution is 5.75. The van der Waals surface area contributed by atoms with E-state index in [1.54, 1.807) is 7.11 Å². The standard InChI is InChI=1S/C20H25NO4/c1-24-18-10-9-16(11-12-21-20(23)8-5-13-22)14-19(18)25-15-17-6-3-2-4-7-17/h2-4,6-7,9-10,14,22H,5,8,11-13,15H2,1H3,(H,21,23). The molecule has 0 aliphatic rings. The molecular formula is C20H25NO4. The zero-order valence-corrected chi connectivity index (χ0v) is 14.5. The normalized spacial score (nSPS) is 10.3. The molecule has 0 aliphatic heterocycles. The Kier molecular flexibility index (Phi) is 7.79. The highest BCUT2D eigenvalue weighted by Crippen LogP contribution is 2.29. The van der Waals surface area contributed by atoms with E-state index < -0.39 is 0 Å². The number of hydrogen-bond acceptors (Lipinski definition) is 4. The molecule has 25 heavy (non-hydrogen) atoms. The summed E-state index contributed by atoms with van der Waals surface area (Å²) in [6.45, 7) is 1.06. The number of nitrogens with one attached hydrogen (secondary N) is 1. The van der Waals surface area contributed by atoms with Crippen LogP contribution in [0.15, 0.2) is 48.5 Å². The number of rotatable bonds is 10. The fourth-order valence-corrected chi connectivity index (χ4v) is 2.40. The van der Waals surface area contributed by atoms with Crippen LogP contribution in [-0.4, -0.2) is 31.3 Å². The summed E-state index contributed by atoms with van der Waals surface area (Å²) < 4.78 is 11.3. The van der Waals surface area contributed by atoms with Crippen LogP contribution < -0.4 is 14.8 Å². The van der Waals surface area contributed by atoms with E-state index in [1.807, 2.05) is 48.5 Å². The summed E-state index contributed by atoms with van der Waals surface area (Å²) in [7, 11) is 1.62. The molecule has 0 fully saturated rings. The van der Waals surface area contributed by atoms with Gasteiger partial charge in [-0.1, -0.05) is 36.4 Å². The molecule has 0 aliphatic carbocycles. The van der Waals surface area contributed by atoms with Gasteiger partial charge >= 0.3 is 0 Å². The molecule has 0 bridgehead atoms. The van der Waals surface area contributed by atoms with Gasteiger partial charge in [0.15, 0.2) is 11.5 Å². The van der Waals surface area contributed by atoms with E-state index >= 15 is 0 Å². The third-order valence-corrected chi connectivity index (χ3v) is 3.76. The highest BCUT2D eigenvalue weighted by atomic mass is 16.5. The molecule has 0 saturated heterocycles. The second kappa shape index (κ2) is 10.4. The van der Waals surface area contributed by atoms with Crippen molar-refractivity contribution in [1.29, 1.82) is 0 Å². The van der Waals surface area contributed by atoms with E-state index in [2.05, 4.69) is 5.32 Å². The molecule has 2 N–H and O–H groups in total. The van der Waals surface area contributed by atoms with Crippen LogP contribution in [0.4, 0.5) is 0 Å². The maximum absolute atomic E-state index is 11.6. The van der Waals surface area contributed by atoms with Crippen molar-refractivity contribution in [2.45, 2.75) is 25.9 Å². The number of carbonyl (C=O) groups excluding carboxylic acids is 1. The van der Waals surface area contributed by atoms with Gasteiger partial charge in [0.1, 0.15) is 6.61 Å². The van der Waals surface area contributed by atoms with Crippen molar-refractivity contribution >= 4 is 5.91 Å². The second-order valence-electron chi connectivity index (χ2n) is 5.69. The lowest BCUT2D eigenvalue weighted by Crippen LogP contribution is -2.25. The lowest BCUT2D eigenvalue weighted by Gasteiger charge is -2.13. The molecular weight excluding hydrogens is 318 g/mol. The van der Waals surface area contributed by atoms with Crippen molar-refractivity contribution < 1.29 is 19.4 Å². The molecule has 0 heterocycles. The van der Waals surface area contributed by atoms with Gasteiger partial charge in [-0.3, -0.25) is 4.79 Å². The number of amides is 1. The van der Waals surface area contributed by atoms with Crippen LogP contribution in [0.25, 0.3) is 0 Å². The molecule has 5 nitrogen and oxygen atoms in total. The Balaban J connectivity index is 1.90. The van der Waals surface area contributed by atoms with Crippen LogP contribution in [-0.2, 0) is 17.8 Å². The number of aliphatic hydroxyl groups excluding tert-OH is 1. The summed E-state index contributed by atoms with van der Waals surface area (Å²) in [6, 6.07) is 15.7. The third-order valence-electron chi connectivity index (χ3n) is 3.76. The molecule has 0 aromatic heterocycles. The fourth-order valence-electron chi connectivity index (χ4n) is 2.40. The number of ether oxygens (including phenoxy) is 2. The molecule has 0 radical (unpaired) electrons. The average Bonchev–Trinajstić information content (AvgIpc) is 2.65. The van der Waals surface area contributed by atoms with Gasteiger partial charge in [0.25, 0.3) is 0 Å². The van der Waals surface area contributed by atoms with Crippen LogP contribution in [0.1, 0.15) is 24.0 Å². The monoisotopic (exact) mass is 343 g/mol. The van der Waals surface area contributed by atoms with Crippen LogP contribution >= 0.6 is 0 Å². The van der Waals surface area contributed by atoms with Gasteiger partial charge in [0.2, 0.25) is 5.91 Å². The second-order valence-corrected chi connectivity index (χ2v) is 5.69. The van der Waals surface area contributed by atoms with E-state index in [0.29, 0.717) is 43.9 Å². The molecule has 134 valence electrons. The lowest BCUT2D eigenvalue weighted by atomic mass is 10.1. The van der Waals surface area contributed by atoms with Crippen molar-refractivity contribution in [3.8, 4) is 11.5 Å². The highest BCUT2D eigenvalue weighted by Gasteiger charge is 2.07. The minimum absolute atomic E-state index is 0.0357. The smallest absolute Gasteiger partial charge is 0.220 e. The van der Waals surface area contributed by atoms with Gasteiger partial charge in [-0.05, 0) is 36.1 Å². The first-order chi connectivity index (χ1) is 12.2. The first-order valence-corrected chi connectivity index (χ1v) is 8.44. The van der Waals surface area contributed by atoms with Gasteiger partial charge < -0.3 is 19.9 Å². The van der Waals surface area contributed by atoms with Crippen molar-refractivity contribution in [1.82, 2.24) is 5.32 Å². The predicted molar refractivity (Wildman–Crippen MR) is 96.8 cm³/mol. The Labute approximate surface area is 148 Å². The van der Waals surface area contributed by atoms with Gasteiger partial charge in [-0.15, -0.1) is 0 Å². The number of aliphatic hydroxyl groups is 1. The third kappa shape index (κ3) is 6.47. The zero-order valence-electron chi connectivity index (χ0n) is 14.5. The first kappa shape index (κ1) is 18.8. The summed E-state index contributed by atoms with van der Waals surface area (Å²) in [5.41, 5.74) is 2.15. The Hall–Kier alpha value is -2.53. The summed E-state index contributed by atoms with van der Waals surface area (Å²) >= 11 is 0. The molecule has 2 aromatic rings. The summed E-state index contributed by atoms with van der Waals surface area (Å²) in [4.78, 5) is 11.6. The van der Waals surface area contributed by atoms with Gasteiger partial charge in [0.05, 0.1) is 7.11 Å². The van der Waals surface area contributed by atoms with E-state index in [9.17, 15) is 4.79 Å². The zero-order chi connectivity index (χ0) is 17.9. The molecule has 5 heteroatoms. The van der Waals surface area contributed by atoms with Crippen LogP contribution in [0.2, 0.25) is 0 Å². The van der Waals surface area contributed by atoms with E-state index in [1.165, 1.54) is 0 Å². The van der Waals surface area contributed by atoms with Crippen molar-refractivity contribution in [2.24, 2.45) is 0 Å². The number of benzene rings is 2. The van der Waals surface area contributed by atoms with Gasteiger partial charge in [-0.25, -0.2) is 0 Å². The first-order valence-electron chi connectivity index (χ1n) is 8.44. The van der Waals surface area contributed by atoms with Crippen molar-refractivity contribution in [3.63, 3.8) is 0 Å². The number of methoxy groups -OCH3 is 1. The van der Waals surface area contributed by atoms with E-state index in [4.69, 9.17) is 14.6 Å². The Bertz CT molecular complexity index is 658. The minimum Gasteiger partial charge on any atom is -0.493 e. The molecule has 2 rings (SSSR count). The molecule has 0 saturated carbocycles. The summed E-state index contributed by atoms with van der Waals surface area (Å²) in [5, 5.41) is 11.6. The van der Waals surface area contributed by atoms with E-state index in [0.717, 1.165) is 11.1 Å². The molecule has 0 unspecified atom stereocenters.